The summed E-state index contributed by atoms with van der Waals surface area (Å²) in [4.78, 5) is 0. The number of rotatable bonds is 3. The van der Waals surface area contributed by atoms with Gasteiger partial charge in [-0.2, -0.15) is 13.2 Å². The second kappa shape index (κ2) is 4.73. The molecule has 0 radical (unpaired) electrons. The fraction of sp³-hybridized carbons (Fsp3) is 1.00. The van der Waals surface area contributed by atoms with Crippen LogP contribution in [-0.4, -0.2) is 18.8 Å². The van der Waals surface area contributed by atoms with Gasteiger partial charge in [-0.1, -0.05) is 13.8 Å². The minimum absolute atomic E-state index is 0.0641. The number of halogens is 3. The Labute approximate surface area is 89.4 Å². The van der Waals surface area contributed by atoms with Gasteiger partial charge in [0.05, 0.1) is 6.42 Å². The topological polar surface area (TPSA) is 12.0 Å². The molecule has 0 heterocycles. The highest BCUT2D eigenvalue weighted by Crippen LogP contribution is 2.35. The zero-order valence-corrected chi connectivity index (χ0v) is 9.45. The molecular weight excluding hydrogens is 203 g/mol. The first-order chi connectivity index (χ1) is 6.79. The molecule has 0 amide bonds. The summed E-state index contributed by atoms with van der Waals surface area (Å²) in [6, 6.07) is 0.292. The SMILES string of the molecule is CC1(C)CCC(NCCC(F)(F)F)CC1. The van der Waals surface area contributed by atoms with Crippen molar-refractivity contribution in [1.29, 1.82) is 0 Å². The lowest BCUT2D eigenvalue weighted by Gasteiger charge is -2.34. The standard InChI is InChI=1S/C11H20F3N/c1-10(2)5-3-9(4-6-10)15-8-7-11(12,13)14/h9,15H,3-8H2,1-2H3. The summed E-state index contributed by atoms with van der Waals surface area (Å²) in [6.45, 7) is 4.51. The van der Waals surface area contributed by atoms with Crippen molar-refractivity contribution in [3.05, 3.63) is 0 Å². The Kier molecular flexibility index (Phi) is 4.04. The highest BCUT2D eigenvalue weighted by Gasteiger charge is 2.29. The van der Waals surface area contributed by atoms with E-state index < -0.39 is 12.6 Å². The van der Waals surface area contributed by atoms with Gasteiger partial charge in [0.15, 0.2) is 0 Å². The molecular formula is C11H20F3N. The van der Waals surface area contributed by atoms with E-state index in [1.807, 2.05) is 0 Å². The highest BCUT2D eigenvalue weighted by molar-refractivity contribution is 4.82. The molecule has 90 valence electrons. The monoisotopic (exact) mass is 223 g/mol. The summed E-state index contributed by atoms with van der Waals surface area (Å²) in [5.74, 6) is 0. The Balaban J connectivity index is 2.14. The van der Waals surface area contributed by atoms with E-state index in [2.05, 4.69) is 19.2 Å². The van der Waals surface area contributed by atoms with E-state index in [-0.39, 0.29) is 6.54 Å². The van der Waals surface area contributed by atoms with Crippen molar-refractivity contribution in [2.45, 2.75) is 58.2 Å². The fourth-order valence-corrected chi connectivity index (χ4v) is 2.02. The van der Waals surface area contributed by atoms with Crippen molar-refractivity contribution in [2.24, 2.45) is 5.41 Å². The molecule has 0 aliphatic heterocycles. The van der Waals surface area contributed by atoms with E-state index in [0.29, 0.717) is 11.5 Å². The van der Waals surface area contributed by atoms with Crippen molar-refractivity contribution in [1.82, 2.24) is 5.32 Å². The second-order valence-electron chi connectivity index (χ2n) is 5.26. The maximum Gasteiger partial charge on any atom is 0.390 e. The molecule has 1 N–H and O–H groups in total. The lowest BCUT2D eigenvalue weighted by molar-refractivity contribution is -0.133. The minimum Gasteiger partial charge on any atom is -0.314 e. The van der Waals surface area contributed by atoms with Gasteiger partial charge in [-0.3, -0.25) is 0 Å². The summed E-state index contributed by atoms with van der Waals surface area (Å²) in [5.41, 5.74) is 0.377. The van der Waals surface area contributed by atoms with Crippen molar-refractivity contribution in [3.8, 4) is 0 Å². The summed E-state index contributed by atoms with van der Waals surface area (Å²) in [6.07, 6.45) is -0.517. The molecule has 0 unspecified atom stereocenters. The van der Waals surface area contributed by atoms with Gasteiger partial charge in [0, 0.05) is 12.6 Å². The zero-order chi connectivity index (χ0) is 11.5. The maximum absolute atomic E-state index is 11.9. The molecule has 4 heteroatoms. The second-order valence-corrected chi connectivity index (χ2v) is 5.26. The highest BCUT2D eigenvalue weighted by atomic mass is 19.4. The molecule has 0 spiro atoms. The molecule has 1 aliphatic rings. The quantitative estimate of drug-likeness (QED) is 0.772. The van der Waals surface area contributed by atoms with E-state index in [0.717, 1.165) is 25.7 Å². The van der Waals surface area contributed by atoms with Gasteiger partial charge in [0.1, 0.15) is 0 Å². The van der Waals surface area contributed by atoms with E-state index in [1.165, 1.54) is 0 Å². The van der Waals surface area contributed by atoms with Crippen LogP contribution in [0, 0.1) is 5.41 Å². The largest absolute Gasteiger partial charge is 0.390 e. The summed E-state index contributed by atoms with van der Waals surface area (Å²) < 4.78 is 35.7. The van der Waals surface area contributed by atoms with Gasteiger partial charge in [-0.05, 0) is 31.1 Å². The Morgan fingerprint density at radius 1 is 1.20 bits per heavy atom. The predicted octanol–water partition coefficient (Wildman–Crippen LogP) is 3.50. The minimum atomic E-state index is -4.03. The van der Waals surface area contributed by atoms with Crippen molar-refractivity contribution in [3.63, 3.8) is 0 Å². The first kappa shape index (κ1) is 12.8. The van der Waals surface area contributed by atoms with Crippen LogP contribution in [0.15, 0.2) is 0 Å². The smallest absolute Gasteiger partial charge is 0.314 e. The average Bonchev–Trinajstić information content (AvgIpc) is 2.06. The number of hydrogen-bond acceptors (Lipinski definition) is 1. The third-order valence-electron chi connectivity index (χ3n) is 3.18. The maximum atomic E-state index is 11.9. The van der Waals surface area contributed by atoms with Gasteiger partial charge in [-0.15, -0.1) is 0 Å². The average molecular weight is 223 g/mol. The molecule has 1 rings (SSSR count). The molecule has 0 aromatic carbocycles. The summed E-state index contributed by atoms with van der Waals surface area (Å²) in [7, 11) is 0. The van der Waals surface area contributed by atoms with Gasteiger partial charge >= 0.3 is 6.18 Å². The molecule has 0 aromatic rings. The summed E-state index contributed by atoms with van der Waals surface area (Å²) >= 11 is 0. The van der Waals surface area contributed by atoms with Gasteiger partial charge < -0.3 is 5.32 Å². The number of hydrogen-bond donors (Lipinski definition) is 1. The van der Waals surface area contributed by atoms with Crippen molar-refractivity contribution >= 4 is 0 Å². The molecule has 1 saturated carbocycles. The first-order valence-electron chi connectivity index (χ1n) is 5.59. The zero-order valence-electron chi connectivity index (χ0n) is 9.45. The lowest BCUT2D eigenvalue weighted by atomic mass is 9.75. The van der Waals surface area contributed by atoms with Crippen LogP contribution in [-0.2, 0) is 0 Å². The summed E-state index contributed by atoms with van der Waals surface area (Å²) in [5, 5.41) is 3.00. The molecule has 0 bridgehead atoms. The van der Waals surface area contributed by atoms with Crippen LogP contribution in [0.4, 0.5) is 13.2 Å². The van der Waals surface area contributed by atoms with Crippen LogP contribution < -0.4 is 5.32 Å². The third kappa shape index (κ3) is 5.40. The Bertz CT molecular complexity index is 188. The van der Waals surface area contributed by atoms with Crippen LogP contribution in [0.1, 0.15) is 46.0 Å². The molecule has 0 aromatic heterocycles. The van der Waals surface area contributed by atoms with Gasteiger partial charge in [-0.25, -0.2) is 0 Å². The molecule has 15 heavy (non-hydrogen) atoms. The molecule has 1 aliphatic carbocycles. The van der Waals surface area contributed by atoms with Crippen LogP contribution in [0.2, 0.25) is 0 Å². The first-order valence-corrected chi connectivity index (χ1v) is 5.59. The van der Waals surface area contributed by atoms with Crippen LogP contribution in [0.5, 0.6) is 0 Å². The van der Waals surface area contributed by atoms with E-state index in [4.69, 9.17) is 0 Å². The number of nitrogens with one attached hydrogen (secondary N) is 1. The van der Waals surface area contributed by atoms with Gasteiger partial charge in [0.2, 0.25) is 0 Å². The van der Waals surface area contributed by atoms with Crippen LogP contribution in [0.25, 0.3) is 0 Å². The fourth-order valence-electron chi connectivity index (χ4n) is 2.02. The Morgan fingerprint density at radius 2 is 1.73 bits per heavy atom. The third-order valence-corrected chi connectivity index (χ3v) is 3.18. The molecule has 1 fully saturated rings. The molecule has 0 atom stereocenters. The number of alkyl halides is 3. The van der Waals surface area contributed by atoms with Crippen LogP contribution in [0.3, 0.4) is 0 Å². The van der Waals surface area contributed by atoms with Gasteiger partial charge in [0.25, 0.3) is 0 Å². The van der Waals surface area contributed by atoms with Crippen molar-refractivity contribution in [2.75, 3.05) is 6.54 Å². The predicted molar refractivity (Wildman–Crippen MR) is 54.7 cm³/mol. The van der Waals surface area contributed by atoms with E-state index in [1.54, 1.807) is 0 Å². The lowest BCUT2D eigenvalue weighted by Crippen LogP contribution is -2.37. The van der Waals surface area contributed by atoms with Crippen molar-refractivity contribution < 1.29 is 13.2 Å². The van der Waals surface area contributed by atoms with Crippen LogP contribution >= 0.6 is 0 Å². The van der Waals surface area contributed by atoms with E-state index in [9.17, 15) is 13.2 Å². The molecule has 1 nitrogen and oxygen atoms in total. The normalized spacial score (nSPS) is 23.0. The van der Waals surface area contributed by atoms with E-state index >= 15 is 0 Å². The Morgan fingerprint density at radius 3 is 2.20 bits per heavy atom. The molecule has 0 saturated heterocycles. The Hall–Kier alpha value is -0.250.